The third-order valence-corrected chi connectivity index (χ3v) is 23.5. The molecule has 0 saturated heterocycles. The van der Waals surface area contributed by atoms with Crippen molar-refractivity contribution in [1.29, 1.82) is 0 Å². The van der Waals surface area contributed by atoms with E-state index in [1.807, 2.05) is 0 Å². The molecule has 1 atom stereocenters. The molecule has 0 fully saturated rings. The summed E-state index contributed by atoms with van der Waals surface area (Å²) in [4.78, 5) is 11.3. The standard InChI is InChI=1S/C114H77N3/c1-9-29-76(30-10-1)90-57-91(77-31-11-2-12-32-77)65-100(64-90)108-74-88-54-53-86(72-107(88)104-45-25-26-46-105(104)108)96-60-89(61-97(62-96)87-55-56-113-109(73-87)106-47-27-28-48-112(106)117(113)103-70-98(82-41-21-7-22-42-82)63-99(71-103)83-43-23-8-24-44-83)84-49-51-85(52-50-84)114-115-110(101-66-92(78-33-13-3-14-34-78)58-93(67-101)79-35-15-4-16-36-79)75-111(116-114)102-68-94(80-37-17-5-18-38-80)59-95(69-102)81-39-19-6-20-40-81/h1-73,75,108H,74H2. The van der Waals surface area contributed by atoms with Crippen molar-refractivity contribution in [1.82, 2.24) is 14.5 Å². The number of nitrogens with zero attached hydrogens (tertiary/aromatic N) is 3. The number of fused-ring (bicyclic) bond motifs is 6. The van der Waals surface area contributed by atoms with Gasteiger partial charge in [-0.15, -0.1) is 0 Å². The first-order valence-electron chi connectivity index (χ1n) is 40.4. The Kier molecular flexibility index (Phi) is 18.1. The minimum atomic E-state index is 0.138. The van der Waals surface area contributed by atoms with Crippen molar-refractivity contribution in [3.8, 4) is 173 Å². The van der Waals surface area contributed by atoms with E-state index in [0.717, 1.165) is 129 Å². The second-order valence-corrected chi connectivity index (χ2v) is 30.8. The fourth-order valence-electron chi connectivity index (χ4n) is 17.6. The number of aromatic nitrogens is 3. The van der Waals surface area contributed by atoms with Gasteiger partial charge < -0.3 is 4.57 Å². The van der Waals surface area contributed by atoms with Crippen molar-refractivity contribution in [2.24, 2.45) is 0 Å². The first kappa shape index (κ1) is 69.8. The topological polar surface area (TPSA) is 30.7 Å². The summed E-state index contributed by atoms with van der Waals surface area (Å²) in [5, 5.41) is 2.38. The molecule has 1 aliphatic carbocycles. The van der Waals surface area contributed by atoms with Crippen molar-refractivity contribution < 1.29 is 0 Å². The van der Waals surface area contributed by atoms with Crippen molar-refractivity contribution in [2.75, 3.05) is 0 Å². The number of benzene rings is 18. The second kappa shape index (κ2) is 30.4. The molecule has 18 aromatic carbocycles. The Labute approximate surface area is 682 Å². The lowest BCUT2D eigenvalue weighted by Gasteiger charge is -2.29. The van der Waals surface area contributed by atoms with Crippen LogP contribution in [0.3, 0.4) is 0 Å². The summed E-state index contributed by atoms with van der Waals surface area (Å²) in [6.07, 6.45) is 0.867. The molecule has 3 nitrogen and oxygen atoms in total. The van der Waals surface area contributed by atoms with Gasteiger partial charge in [-0.05, 0) is 266 Å². The molecule has 0 bridgehead atoms. The van der Waals surface area contributed by atoms with Crippen LogP contribution in [0.25, 0.3) is 195 Å². The van der Waals surface area contributed by atoms with E-state index >= 15 is 0 Å². The van der Waals surface area contributed by atoms with Gasteiger partial charge in [0.1, 0.15) is 0 Å². The maximum absolute atomic E-state index is 5.64. The van der Waals surface area contributed by atoms with Crippen LogP contribution in [0.4, 0.5) is 0 Å². The number of rotatable bonds is 16. The third kappa shape index (κ3) is 13.8. The van der Waals surface area contributed by atoms with E-state index < -0.39 is 0 Å². The van der Waals surface area contributed by atoms with E-state index in [4.69, 9.17) is 9.97 Å². The van der Waals surface area contributed by atoms with Gasteiger partial charge in [0, 0.05) is 39.1 Å². The fraction of sp³-hybridized carbons (Fsp3) is 0.0175. The highest BCUT2D eigenvalue weighted by atomic mass is 15.0. The van der Waals surface area contributed by atoms with Gasteiger partial charge >= 0.3 is 0 Å². The summed E-state index contributed by atoms with van der Waals surface area (Å²) >= 11 is 0. The molecule has 2 heterocycles. The molecule has 548 valence electrons. The Morgan fingerprint density at radius 1 is 0.197 bits per heavy atom. The molecule has 1 unspecified atom stereocenters. The molecule has 0 N–H and O–H groups in total. The maximum Gasteiger partial charge on any atom is 0.160 e. The molecule has 0 amide bonds. The molecule has 117 heavy (non-hydrogen) atoms. The molecular weight excluding hydrogens is 1410 g/mol. The van der Waals surface area contributed by atoms with E-state index in [0.29, 0.717) is 5.82 Å². The molecule has 2 aromatic heterocycles. The summed E-state index contributed by atoms with van der Waals surface area (Å²) in [7, 11) is 0. The molecule has 0 aliphatic heterocycles. The minimum Gasteiger partial charge on any atom is -0.309 e. The smallest absolute Gasteiger partial charge is 0.160 e. The van der Waals surface area contributed by atoms with Gasteiger partial charge in [-0.25, -0.2) is 9.97 Å². The Morgan fingerprint density at radius 2 is 0.504 bits per heavy atom. The Hall–Kier alpha value is -15.2. The van der Waals surface area contributed by atoms with Crippen molar-refractivity contribution in [3.63, 3.8) is 0 Å². The van der Waals surface area contributed by atoms with Crippen LogP contribution >= 0.6 is 0 Å². The molecule has 20 aromatic rings. The normalized spacial score (nSPS) is 12.3. The Bertz CT molecular complexity index is 6710. The zero-order chi connectivity index (χ0) is 77.5. The summed E-state index contributed by atoms with van der Waals surface area (Å²) < 4.78 is 2.46. The van der Waals surface area contributed by atoms with Gasteiger partial charge in [-0.3, -0.25) is 0 Å². The molecule has 21 rings (SSSR count). The predicted octanol–water partition coefficient (Wildman–Crippen LogP) is 30.3. The van der Waals surface area contributed by atoms with Crippen LogP contribution in [0.1, 0.15) is 22.6 Å². The molecular formula is C114H77N3. The highest BCUT2D eigenvalue weighted by Gasteiger charge is 2.28. The molecule has 3 heteroatoms. The predicted molar refractivity (Wildman–Crippen MR) is 490 cm³/mol. The summed E-state index contributed by atoms with van der Waals surface area (Å²) in [6, 6.07) is 165. The van der Waals surface area contributed by atoms with Gasteiger partial charge in [0.2, 0.25) is 0 Å². The average molecular weight is 1490 g/mol. The lowest BCUT2D eigenvalue weighted by Crippen LogP contribution is -2.13. The lowest BCUT2D eigenvalue weighted by molar-refractivity contribution is 0.794. The fourth-order valence-corrected chi connectivity index (χ4v) is 17.6. The van der Waals surface area contributed by atoms with E-state index in [1.54, 1.807) is 0 Å². The summed E-state index contributed by atoms with van der Waals surface area (Å²) in [6.45, 7) is 0. The van der Waals surface area contributed by atoms with Crippen LogP contribution in [0.15, 0.2) is 449 Å². The SMILES string of the molecule is c1ccc(-c2cc(-c3ccccc3)cc(-c3cc(-c4cc(-c5ccccc5)cc(-c5ccccc5)c4)nc(-c4ccc(-c5cc(-c6ccc7c(c6)-c6ccccc6C(c6cc(-c8ccccc8)cc(-c8ccccc8)c6)C7)cc(-c6ccc7c(c6)c6ccccc6n7-c6cc(-c7ccccc7)cc(-c7ccccc7)c6)c5)cc4)n3)c2)cc1. The van der Waals surface area contributed by atoms with Crippen molar-refractivity contribution in [2.45, 2.75) is 12.3 Å². The Morgan fingerprint density at radius 3 is 0.932 bits per heavy atom. The van der Waals surface area contributed by atoms with E-state index in [2.05, 4.69) is 453 Å². The van der Waals surface area contributed by atoms with Crippen LogP contribution in [-0.4, -0.2) is 14.5 Å². The van der Waals surface area contributed by atoms with Crippen molar-refractivity contribution in [3.05, 3.63) is 466 Å². The highest BCUT2D eigenvalue weighted by molar-refractivity contribution is 6.11. The maximum atomic E-state index is 5.64. The summed E-state index contributed by atoms with van der Waals surface area (Å²) in [5.74, 6) is 0.771. The van der Waals surface area contributed by atoms with E-state index in [9.17, 15) is 0 Å². The third-order valence-electron chi connectivity index (χ3n) is 23.5. The highest BCUT2D eigenvalue weighted by Crippen LogP contribution is 2.48. The quantitative estimate of drug-likeness (QED) is 0.0965. The van der Waals surface area contributed by atoms with Crippen molar-refractivity contribution >= 4 is 21.8 Å². The minimum absolute atomic E-state index is 0.138. The number of hydrogen-bond donors (Lipinski definition) is 0. The largest absolute Gasteiger partial charge is 0.309 e. The lowest BCUT2D eigenvalue weighted by atomic mass is 9.74. The van der Waals surface area contributed by atoms with Gasteiger partial charge in [0.05, 0.1) is 22.4 Å². The summed E-state index contributed by atoms with van der Waals surface area (Å²) in [5.41, 5.74) is 39.7. The monoisotopic (exact) mass is 1490 g/mol. The van der Waals surface area contributed by atoms with Crippen LogP contribution in [-0.2, 0) is 6.42 Å². The second-order valence-electron chi connectivity index (χ2n) is 30.8. The average Bonchev–Trinajstić information content (AvgIpc) is 1.73. The zero-order valence-electron chi connectivity index (χ0n) is 64.4. The van der Waals surface area contributed by atoms with Gasteiger partial charge in [-0.2, -0.15) is 0 Å². The van der Waals surface area contributed by atoms with Crippen LogP contribution in [0.2, 0.25) is 0 Å². The first-order chi connectivity index (χ1) is 57.9. The molecule has 0 saturated carbocycles. The molecule has 1 aliphatic rings. The first-order valence-corrected chi connectivity index (χ1v) is 40.4. The molecule has 0 radical (unpaired) electrons. The van der Waals surface area contributed by atoms with Gasteiger partial charge in [0.15, 0.2) is 5.82 Å². The van der Waals surface area contributed by atoms with Crippen LogP contribution in [0.5, 0.6) is 0 Å². The van der Waals surface area contributed by atoms with E-state index in [1.165, 1.54) is 83.1 Å². The van der Waals surface area contributed by atoms with Crippen LogP contribution in [0, 0.1) is 0 Å². The Balaban J connectivity index is 0.722. The number of hydrogen-bond acceptors (Lipinski definition) is 2. The number of para-hydroxylation sites is 1. The van der Waals surface area contributed by atoms with Crippen LogP contribution < -0.4 is 0 Å². The van der Waals surface area contributed by atoms with Gasteiger partial charge in [0.25, 0.3) is 0 Å². The zero-order valence-corrected chi connectivity index (χ0v) is 64.4. The molecule has 0 spiro atoms. The van der Waals surface area contributed by atoms with Gasteiger partial charge in [-0.1, -0.05) is 340 Å². The van der Waals surface area contributed by atoms with E-state index in [-0.39, 0.29) is 5.92 Å².